The van der Waals surface area contributed by atoms with Gasteiger partial charge in [0, 0.05) is 54.2 Å². The van der Waals surface area contributed by atoms with E-state index in [9.17, 15) is 4.79 Å². The van der Waals surface area contributed by atoms with E-state index in [-0.39, 0.29) is 5.91 Å². The number of ether oxygens (including phenoxy) is 1. The number of benzene rings is 2. The zero-order valence-electron chi connectivity index (χ0n) is 16.7. The second-order valence-electron chi connectivity index (χ2n) is 6.70. The molecule has 30 heavy (non-hydrogen) atoms. The molecule has 0 aliphatic carbocycles. The van der Waals surface area contributed by atoms with Crippen molar-refractivity contribution in [2.24, 2.45) is 7.05 Å². The molecule has 0 spiro atoms. The number of carbonyl (C=O) groups is 1. The zero-order chi connectivity index (χ0) is 20.9. The summed E-state index contributed by atoms with van der Waals surface area (Å²) in [6.45, 7) is 0. The van der Waals surface area contributed by atoms with Crippen LogP contribution in [0.15, 0.2) is 79.3 Å². The second kappa shape index (κ2) is 8.48. The van der Waals surface area contributed by atoms with Gasteiger partial charge in [-0.05, 0) is 30.3 Å². The van der Waals surface area contributed by atoms with Gasteiger partial charge in [-0.15, -0.1) is 0 Å². The molecular formula is C23H21N5O2. The molecule has 0 bridgehead atoms. The summed E-state index contributed by atoms with van der Waals surface area (Å²) in [5.41, 5.74) is 3.80. The van der Waals surface area contributed by atoms with Gasteiger partial charge in [-0.25, -0.2) is 9.97 Å². The summed E-state index contributed by atoms with van der Waals surface area (Å²) in [6.07, 6.45) is 5.35. The fraction of sp³-hybridized carbons (Fsp3) is 0.0870. The van der Waals surface area contributed by atoms with Crippen LogP contribution in [0.3, 0.4) is 0 Å². The SMILES string of the molecule is COc1cccc(NC(=O)c2cc(-c3cnc(Nc4ccccc4)nc3)cn2C)c1. The number of amides is 1. The molecule has 4 aromatic rings. The quantitative estimate of drug-likeness (QED) is 0.499. The Morgan fingerprint density at radius 3 is 2.40 bits per heavy atom. The van der Waals surface area contributed by atoms with Crippen LogP contribution in [-0.4, -0.2) is 27.6 Å². The highest BCUT2D eigenvalue weighted by atomic mass is 16.5. The summed E-state index contributed by atoms with van der Waals surface area (Å²) >= 11 is 0. The van der Waals surface area contributed by atoms with Crippen LogP contribution in [0.1, 0.15) is 10.5 Å². The van der Waals surface area contributed by atoms with Crippen molar-refractivity contribution in [2.75, 3.05) is 17.7 Å². The van der Waals surface area contributed by atoms with Crippen LogP contribution in [0.25, 0.3) is 11.1 Å². The summed E-state index contributed by atoms with van der Waals surface area (Å²) in [6, 6.07) is 18.8. The number of rotatable bonds is 6. The van der Waals surface area contributed by atoms with Gasteiger partial charge in [-0.2, -0.15) is 0 Å². The van der Waals surface area contributed by atoms with Crippen LogP contribution < -0.4 is 15.4 Å². The Labute approximate surface area is 174 Å². The summed E-state index contributed by atoms with van der Waals surface area (Å²) < 4.78 is 6.98. The fourth-order valence-corrected chi connectivity index (χ4v) is 3.04. The summed E-state index contributed by atoms with van der Waals surface area (Å²) in [5, 5.41) is 6.05. The smallest absolute Gasteiger partial charge is 0.272 e. The maximum absolute atomic E-state index is 12.7. The Morgan fingerprint density at radius 1 is 0.933 bits per heavy atom. The minimum atomic E-state index is -0.208. The zero-order valence-corrected chi connectivity index (χ0v) is 16.7. The van der Waals surface area contributed by atoms with Gasteiger partial charge in [0.15, 0.2) is 0 Å². The topological polar surface area (TPSA) is 81.1 Å². The number of nitrogens with one attached hydrogen (secondary N) is 2. The van der Waals surface area contributed by atoms with E-state index in [1.807, 2.05) is 67.8 Å². The van der Waals surface area contributed by atoms with Crippen molar-refractivity contribution in [2.45, 2.75) is 0 Å². The highest BCUT2D eigenvalue weighted by Crippen LogP contribution is 2.23. The molecule has 7 nitrogen and oxygen atoms in total. The maximum Gasteiger partial charge on any atom is 0.272 e. The van der Waals surface area contributed by atoms with E-state index >= 15 is 0 Å². The minimum absolute atomic E-state index is 0.208. The summed E-state index contributed by atoms with van der Waals surface area (Å²) in [7, 11) is 3.42. The molecule has 4 rings (SSSR count). The van der Waals surface area contributed by atoms with Crippen molar-refractivity contribution in [1.29, 1.82) is 0 Å². The van der Waals surface area contributed by atoms with Crippen LogP contribution in [0.5, 0.6) is 5.75 Å². The normalized spacial score (nSPS) is 10.5. The first-order valence-electron chi connectivity index (χ1n) is 9.38. The van der Waals surface area contributed by atoms with Crippen molar-refractivity contribution < 1.29 is 9.53 Å². The van der Waals surface area contributed by atoms with Crippen molar-refractivity contribution in [3.8, 4) is 16.9 Å². The third kappa shape index (κ3) is 4.30. The van der Waals surface area contributed by atoms with Crippen LogP contribution in [0.2, 0.25) is 0 Å². The van der Waals surface area contributed by atoms with Crippen LogP contribution in [0, 0.1) is 0 Å². The lowest BCUT2D eigenvalue weighted by atomic mass is 10.2. The lowest BCUT2D eigenvalue weighted by Gasteiger charge is -2.07. The number of carbonyl (C=O) groups excluding carboxylic acids is 1. The molecule has 7 heteroatoms. The molecule has 0 aliphatic heterocycles. The van der Waals surface area contributed by atoms with Crippen molar-refractivity contribution in [3.63, 3.8) is 0 Å². The molecule has 0 saturated carbocycles. The van der Waals surface area contributed by atoms with Crippen LogP contribution in [0.4, 0.5) is 17.3 Å². The van der Waals surface area contributed by atoms with E-state index in [0.717, 1.165) is 16.8 Å². The molecule has 0 saturated heterocycles. The standard InChI is InChI=1S/C23H21N5O2/c1-28-15-16(11-21(28)22(29)26-19-9-6-10-20(12-19)30-2)17-13-24-23(25-14-17)27-18-7-4-3-5-8-18/h3-15H,1-2H3,(H,26,29)(H,24,25,27). The molecular weight excluding hydrogens is 378 g/mol. The molecule has 2 heterocycles. The van der Waals surface area contributed by atoms with Gasteiger partial charge < -0.3 is 19.9 Å². The Balaban J connectivity index is 1.49. The average molecular weight is 399 g/mol. The molecule has 0 fully saturated rings. The van der Waals surface area contributed by atoms with Crippen LogP contribution >= 0.6 is 0 Å². The molecule has 2 aromatic heterocycles. The lowest BCUT2D eigenvalue weighted by molar-refractivity contribution is 0.101. The first-order chi connectivity index (χ1) is 14.6. The predicted molar refractivity (Wildman–Crippen MR) is 117 cm³/mol. The van der Waals surface area contributed by atoms with E-state index in [4.69, 9.17) is 4.74 Å². The first kappa shape index (κ1) is 19.2. The van der Waals surface area contributed by atoms with Gasteiger partial charge in [0.05, 0.1) is 7.11 Å². The van der Waals surface area contributed by atoms with Gasteiger partial charge in [-0.3, -0.25) is 4.79 Å². The first-order valence-corrected chi connectivity index (χ1v) is 9.38. The van der Waals surface area contributed by atoms with Gasteiger partial charge in [0.2, 0.25) is 5.95 Å². The predicted octanol–water partition coefficient (Wildman–Crippen LogP) is 4.49. The molecule has 0 unspecified atom stereocenters. The number of hydrogen-bond acceptors (Lipinski definition) is 5. The van der Waals surface area contributed by atoms with E-state index in [1.165, 1.54) is 0 Å². The number of para-hydroxylation sites is 1. The molecule has 2 aromatic carbocycles. The third-order valence-electron chi connectivity index (χ3n) is 4.58. The number of anilines is 3. The van der Waals surface area contributed by atoms with E-state index in [0.29, 0.717) is 23.1 Å². The molecule has 0 aliphatic rings. The molecule has 1 amide bonds. The molecule has 0 radical (unpaired) electrons. The molecule has 150 valence electrons. The van der Waals surface area contributed by atoms with Gasteiger partial charge in [-0.1, -0.05) is 24.3 Å². The minimum Gasteiger partial charge on any atom is -0.497 e. The van der Waals surface area contributed by atoms with E-state index in [1.54, 1.807) is 30.1 Å². The lowest BCUT2D eigenvalue weighted by Crippen LogP contribution is -2.15. The number of hydrogen-bond donors (Lipinski definition) is 2. The van der Waals surface area contributed by atoms with Gasteiger partial charge in [0.1, 0.15) is 11.4 Å². The summed E-state index contributed by atoms with van der Waals surface area (Å²) in [4.78, 5) is 21.5. The fourth-order valence-electron chi connectivity index (χ4n) is 3.04. The van der Waals surface area contributed by atoms with E-state index in [2.05, 4.69) is 20.6 Å². The molecule has 2 N–H and O–H groups in total. The highest BCUT2D eigenvalue weighted by Gasteiger charge is 2.14. The Bertz CT molecular complexity index is 1150. The van der Waals surface area contributed by atoms with Crippen molar-refractivity contribution in [3.05, 3.63) is 84.9 Å². The monoisotopic (exact) mass is 399 g/mol. The third-order valence-corrected chi connectivity index (χ3v) is 4.58. The van der Waals surface area contributed by atoms with Crippen LogP contribution in [-0.2, 0) is 7.05 Å². The van der Waals surface area contributed by atoms with Crippen molar-refractivity contribution >= 4 is 23.2 Å². The maximum atomic E-state index is 12.7. The number of methoxy groups -OCH3 is 1. The van der Waals surface area contributed by atoms with Gasteiger partial charge in [0.25, 0.3) is 5.91 Å². The number of aryl methyl sites for hydroxylation is 1. The number of aromatic nitrogens is 3. The Kier molecular flexibility index (Phi) is 5.43. The van der Waals surface area contributed by atoms with E-state index < -0.39 is 0 Å². The number of nitrogens with zero attached hydrogens (tertiary/aromatic N) is 3. The Morgan fingerprint density at radius 2 is 1.67 bits per heavy atom. The van der Waals surface area contributed by atoms with Gasteiger partial charge >= 0.3 is 0 Å². The highest BCUT2D eigenvalue weighted by molar-refractivity contribution is 6.04. The average Bonchev–Trinajstić information content (AvgIpc) is 3.17. The summed E-state index contributed by atoms with van der Waals surface area (Å²) in [5.74, 6) is 0.985. The molecule has 0 atom stereocenters. The second-order valence-corrected chi connectivity index (χ2v) is 6.70. The largest absolute Gasteiger partial charge is 0.497 e. The van der Waals surface area contributed by atoms with Crippen molar-refractivity contribution in [1.82, 2.24) is 14.5 Å². The Hall–Kier alpha value is -4.13.